The van der Waals surface area contributed by atoms with Gasteiger partial charge in [-0.1, -0.05) is 101 Å². The van der Waals surface area contributed by atoms with Crippen LogP contribution in [-0.2, 0) is 12.8 Å². The highest BCUT2D eigenvalue weighted by Gasteiger charge is 2.18. The first kappa shape index (κ1) is 29.4. The smallest absolute Gasteiger partial charge is 0.0708 e. The lowest BCUT2D eigenvalue weighted by molar-refractivity contribution is 0.667. The van der Waals surface area contributed by atoms with E-state index >= 15 is 0 Å². The van der Waals surface area contributed by atoms with Crippen molar-refractivity contribution >= 4 is 60.4 Å². The van der Waals surface area contributed by atoms with E-state index in [-0.39, 0.29) is 0 Å². The van der Waals surface area contributed by atoms with E-state index in [1.165, 1.54) is 120 Å². The number of fused-ring (bicyclic) bond motifs is 3. The van der Waals surface area contributed by atoms with Crippen molar-refractivity contribution < 1.29 is 0 Å². The average molecular weight is 655 g/mol. The molecule has 216 valence electrons. The standard InChI is InChI=1S/C38H40BrNS2/c1-3-5-7-9-15-28-25-35(38-29(26-36(39)42-38)16-10-8-6-4-2)41-37(28)27-21-23-30(24-22-27)40-33-19-13-11-17-31(33)32-18-12-14-20-34(32)40/h11-14,17-26H,3-10,15-16H2,1-2H3. The number of thiophene rings is 2. The average Bonchev–Trinajstić information content (AvgIpc) is 3.71. The zero-order valence-electron chi connectivity index (χ0n) is 24.8. The quantitative estimate of drug-likeness (QED) is 0.109. The Bertz CT molecular complexity index is 1720. The van der Waals surface area contributed by atoms with Crippen molar-refractivity contribution in [3.8, 4) is 25.9 Å². The SMILES string of the molecule is CCCCCCc1cc(-c2sc(Br)cc2CCCCCC)sc1-c1ccc(-n2c3ccccc3c3ccccc32)cc1. The van der Waals surface area contributed by atoms with E-state index in [1.807, 2.05) is 22.7 Å². The van der Waals surface area contributed by atoms with Gasteiger partial charge in [0, 0.05) is 31.1 Å². The Morgan fingerprint density at radius 1 is 0.595 bits per heavy atom. The minimum atomic E-state index is 1.15. The second kappa shape index (κ2) is 13.8. The van der Waals surface area contributed by atoms with Gasteiger partial charge in [0.25, 0.3) is 0 Å². The van der Waals surface area contributed by atoms with E-state index in [0.29, 0.717) is 0 Å². The van der Waals surface area contributed by atoms with Gasteiger partial charge in [-0.3, -0.25) is 0 Å². The van der Waals surface area contributed by atoms with Crippen LogP contribution in [0.3, 0.4) is 0 Å². The third kappa shape index (κ3) is 6.18. The first-order valence-corrected chi connectivity index (χ1v) is 18.1. The molecule has 0 aliphatic heterocycles. The van der Waals surface area contributed by atoms with E-state index < -0.39 is 0 Å². The topological polar surface area (TPSA) is 4.93 Å². The molecule has 0 N–H and O–H groups in total. The Labute approximate surface area is 267 Å². The molecule has 0 fully saturated rings. The maximum absolute atomic E-state index is 3.81. The lowest BCUT2D eigenvalue weighted by Crippen LogP contribution is -1.93. The van der Waals surface area contributed by atoms with Gasteiger partial charge in [0.1, 0.15) is 0 Å². The Hall–Kier alpha value is -2.66. The predicted octanol–water partition coefficient (Wildman–Crippen LogP) is 13.2. The maximum Gasteiger partial charge on any atom is 0.0708 e. The van der Waals surface area contributed by atoms with E-state index in [2.05, 4.69) is 119 Å². The number of benzene rings is 3. The minimum absolute atomic E-state index is 1.15. The van der Waals surface area contributed by atoms with Gasteiger partial charge in [0.05, 0.1) is 14.8 Å². The van der Waals surface area contributed by atoms with Crippen LogP contribution < -0.4 is 0 Å². The monoisotopic (exact) mass is 653 g/mol. The summed E-state index contributed by atoms with van der Waals surface area (Å²) in [6.45, 7) is 4.58. The number of aryl methyl sites for hydroxylation is 2. The van der Waals surface area contributed by atoms with Crippen LogP contribution in [0.25, 0.3) is 47.7 Å². The lowest BCUT2D eigenvalue weighted by Gasteiger charge is -2.10. The predicted molar refractivity (Wildman–Crippen MR) is 191 cm³/mol. The van der Waals surface area contributed by atoms with Crippen LogP contribution in [0, 0.1) is 0 Å². The van der Waals surface area contributed by atoms with Gasteiger partial charge < -0.3 is 4.57 Å². The molecule has 3 aromatic heterocycles. The normalized spacial score (nSPS) is 11.7. The molecule has 0 atom stereocenters. The van der Waals surface area contributed by atoms with Crippen molar-refractivity contribution in [3.05, 3.63) is 99.8 Å². The summed E-state index contributed by atoms with van der Waals surface area (Å²) in [4.78, 5) is 4.34. The molecule has 6 rings (SSSR count). The molecule has 4 heteroatoms. The van der Waals surface area contributed by atoms with Gasteiger partial charge in [0.15, 0.2) is 0 Å². The van der Waals surface area contributed by atoms with Crippen LogP contribution in [0.5, 0.6) is 0 Å². The van der Waals surface area contributed by atoms with Gasteiger partial charge >= 0.3 is 0 Å². The molecule has 0 aliphatic rings. The Morgan fingerprint density at radius 2 is 1.17 bits per heavy atom. The van der Waals surface area contributed by atoms with Gasteiger partial charge in [0.2, 0.25) is 0 Å². The van der Waals surface area contributed by atoms with Crippen molar-refractivity contribution in [3.63, 3.8) is 0 Å². The van der Waals surface area contributed by atoms with Crippen molar-refractivity contribution in [2.45, 2.75) is 78.1 Å². The molecular weight excluding hydrogens is 614 g/mol. The fourth-order valence-corrected chi connectivity index (χ4v) is 9.26. The summed E-state index contributed by atoms with van der Waals surface area (Å²) in [5.41, 5.74) is 8.09. The fourth-order valence-electron chi connectivity index (χ4n) is 6.21. The Morgan fingerprint density at radius 3 is 1.76 bits per heavy atom. The summed E-state index contributed by atoms with van der Waals surface area (Å²) in [6, 6.07) is 31.7. The summed E-state index contributed by atoms with van der Waals surface area (Å²) in [5, 5.41) is 2.61. The molecule has 3 aromatic carbocycles. The number of para-hydroxylation sites is 2. The number of rotatable bonds is 13. The highest BCUT2D eigenvalue weighted by molar-refractivity contribution is 9.11. The number of hydrogen-bond donors (Lipinski definition) is 0. The van der Waals surface area contributed by atoms with Crippen LogP contribution in [0.15, 0.2) is 88.7 Å². The van der Waals surface area contributed by atoms with E-state index in [4.69, 9.17) is 0 Å². The van der Waals surface area contributed by atoms with Crippen LogP contribution in [0.1, 0.15) is 76.3 Å². The summed E-state index contributed by atoms with van der Waals surface area (Å²) < 4.78 is 3.66. The number of unbranched alkanes of at least 4 members (excludes halogenated alkanes) is 6. The Balaban J connectivity index is 1.36. The second-order valence-electron chi connectivity index (χ2n) is 11.4. The molecule has 0 amide bonds. The van der Waals surface area contributed by atoms with Crippen LogP contribution in [-0.4, -0.2) is 4.57 Å². The second-order valence-corrected chi connectivity index (χ2v) is 14.9. The van der Waals surface area contributed by atoms with E-state index in [0.717, 1.165) is 6.42 Å². The van der Waals surface area contributed by atoms with Crippen molar-refractivity contribution in [2.75, 3.05) is 0 Å². The van der Waals surface area contributed by atoms with Gasteiger partial charge in [-0.25, -0.2) is 0 Å². The molecule has 0 spiro atoms. The summed E-state index contributed by atoms with van der Waals surface area (Å²) in [7, 11) is 0. The zero-order chi connectivity index (χ0) is 28.9. The lowest BCUT2D eigenvalue weighted by atomic mass is 10.0. The van der Waals surface area contributed by atoms with Crippen LogP contribution >= 0.6 is 38.6 Å². The minimum Gasteiger partial charge on any atom is -0.309 e. The highest BCUT2D eigenvalue weighted by atomic mass is 79.9. The maximum atomic E-state index is 3.81. The molecule has 0 aliphatic carbocycles. The van der Waals surface area contributed by atoms with Crippen molar-refractivity contribution in [1.29, 1.82) is 0 Å². The summed E-state index contributed by atoms with van der Waals surface area (Å²) in [5.74, 6) is 0. The molecule has 42 heavy (non-hydrogen) atoms. The Kier molecular flexibility index (Phi) is 9.63. The number of hydrogen-bond acceptors (Lipinski definition) is 2. The molecular formula is C38H40BrNS2. The van der Waals surface area contributed by atoms with Gasteiger partial charge in [-0.05, 0) is 94.7 Å². The molecule has 0 saturated carbocycles. The number of nitrogens with zero attached hydrogens (tertiary/aromatic N) is 1. The van der Waals surface area contributed by atoms with E-state index in [1.54, 1.807) is 0 Å². The first-order valence-electron chi connectivity index (χ1n) is 15.7. The molecule has 6 aromatic rings. The molecule has 0 unspecified atom stereocenters. The van der Waals surface area contributed by atoms with Crippen molar-refractivity contribution in [1.82, 2.24) is 4.57 Å². The molecule has 0 radical (unpaired) electrons. The van der Waals surface area contributed by atoms with Crippen molar-refractivity contribution in [2.24, 2.45) is 0 Å². The van der Waals surface area contributed by atoms with Gasteiger partial charge in [-0.15, -0.1) is 22.7 Å². The third-order valence-corrected chi connectivity index (χ3v) is 11.5. The molecule has 1 nitrogen and oxygen atoms in total. The van der Waals surface area contributed by atoms with Gasteiger partial charge in [-0.2, -0.15) is 0 Å². The molecule has 0 saturated heterocycles. The molecule has 3 heterocycles. The third-order valence-electron chi connectivity index (χ3n) is 8.38. The zero-order valence-corrected chi connectivity index (χ0v) is 28.0. The number of halogens is 1. The number of aromatic nitrogens is 1. The largest absolute Gasteiger partial charge is 0.309 e. The van der Waals surface area contributed by atoms with E-state index in [9.17, 15) is 0 Å². The fraction of sp³-hybridized carbons (Fsp3) is 0.316. The first-order chi connectivity index (χ1) is 20.7. The van der Waals surface area contributed by atoms with Crippen LogP contribution in [0.2, 0.25) is 0 Å². The highest BCUT2D eigenvalue weighted by Crippen LogP contribution is 2.45. The molecule has 0 bridgehead atoms. The van der Waals surface area contributed by atoms with Crippen LogP contribution in [0.4, 0.5) is 0 Å². The summed E-state index contributed by atoms with van der Waals surface area (Å²) >= 11 is 7.71. The summed E-state index contributed by atoms with van der Waals surface area (Å²) in [6.07, 6.45) is 12.7.